The van der Waals surface area contributed by atoms with Crippen LogP contribution in [0.25, 0.3) is 10.8 Å². The molecular weight excluding hydrogens is 648 g/mol. The number of likely N-dealkylation sites (N-methyl/N-ethyl adjacent to an activating group) is 2. The zero-order valence-electron chi connectivity index (χ0n) is 28.8. The zero-order valence-corrected chi connectivity index (χ0v) is 28.8. The molecule has 0 aliphatic carbocycles. The number of benzene rings is 3. The molecule has 3 aromatic carbocycles. The molecule has 0 saturated carbocycles. The lowest BCUT2D eigenvalue weighted by Crippen LogP contribution is -2.48. The van der Waals surface area contributed by atoms with Gasteiger partial charge in [-0.2, -0.15) is 0 Å². The van der Waals surface area contributed by atoms with Gasteiger partial charge in [-0.05, 0) is 71.1 Å². The molecule has 7 rings (SSSR count). The van der Waals surface area contributed by atoms with Crippen LogP contribution in [0.1, 0.15) is 40.7 Å². The van der Waals surface area contributed by atoms with Crippen molar-refractivity contribution < 1.29 is 28.7 Å². The standard InChI is InChI=1S/C39H42N6O6/c1-43-24-37(48)45-23-30(42-35(46)20-29-8-5-7-27-6-3-4-9-33(27)29)21-31(45)25-51-32-12-10-28(11-13-32)39(50)44(2)34(14-15-36(43)47)38(49)41-22-26-16-18-40-19-17-26/h3-13,16-19,30-31,34H,14-15,20-25H2,1-2H3,(H,41,49)(H,42,46)/t30-,31+,34+/m1/s1. The topological polar surface area (TPSA) is 141 Å². The maximum atomic E-state index is 13.7. The van der Waals surface area contributed by atoms with Gasteiger partial charge >= 0.3 is 0 Å². The van der Waals surface area contributed by atoms with Gasteiger partial charge in [0.15, 0.2) is 0 Å². The Morgan fingerprint density at radius 3 is 2.43 bits per heavy atom. The largest absolute Gasteiger partial charge is 0.491 e. The summed E-state index contributed by atoms with van der Waals surface area (Å²) >= 11 is 0. The molecule has 51 heavy (non-hydrogen) atoms. The average molecular weight is 691 g/mol. The first-order valence-corrected chi connectivity index (χ1v) is 17.1. The van der Waals surface area contributed by atoms with Crippen LogP contribution in [0.15, 0.2) is 91.3 Å². The Morgan fingerprint density at radius 2 is 1.65 bits per heavy atom. The third-order valence-corrected chi connectivity index (χ3v) is 9.61. The first-order chi connectivity index (χ1) is 24.7. The van der Waals surface area contributed by atoms with Gasteiger partial charge in [-0.1, -0.05) is 42.5 Å². The van der Waals surface area contributed by atoms with Crippen molar-refractivity contribution in [3.05, 3.63) is 108 Å². The molecule has 3 aliphatic heterocycles. The van der Waals surface area contributed by atoms with Gasteiger partial charge in [-0.3, -0.25) is 29.0 Å². The zero-order chi connectivity index (χ0) is 35.9. The fraction of sp³-hybridized carbons (Fsp3) is 0.333. The van der Waals surface area contributed by atoms with Crippen molar-refractivity contribution in [2.75, 3.05) is 33.8 Å². The predicted octanol–water partition coefficient (Wildman–Crippen LogP) is 2.95. The van der Waals surface area contributed by atoms with Crippen LogP contribution in [-0.4, -0.2) is 101 Å². The lowest BCUT2D eigenvalue weighted by atomic mass is 10.0. The molecule has 264 valence electrons. The van der Waals surface area contributed by atoms with Crippen molar-refractivity contribution in [2.45, 2.75) is 50.4 Å². The molecule has 1 aromatic heterocycles. The first-order valence-electron chi connectivity index (χ1n) is 17.1. The number of carbonyl (C=O) groups is 5. The van der Waals surface area contributed by atoms with E-state index in [2.05, 4.69) is 15.6 Å². The van der Waals surface area contributed by atoms with Crippen LogP contribution in [0, 0.1) is 0 Å². The Bertz CT molecular complexity index is 1900. The molecule has 0 radical (unpaired) electrons. The van der Waals surface area contributed by atoms with Gasteiger partial charge in [0.05, 0.1) is 19.0 Å². The summed E-state index contributed by atoms with van der Waals surface area (Å²) in [4.78, 5) is 75.7. The van der Waals surface area contributed by atoms with E-state index < -0.39 is 11.9 Å². The van der Waals surface area contributed by atoms with Gasteiger partial charge in [0.1, 0.15) is 18.4 Å². The molecule has 2 bridgehead atoms. The smallest absolute Gasteiger partial charge is 0.254 e. The second kappa shape index (κ2) is 15.8. The van der Waals surface area contributed by atoms with E-state index in [0.717, 1.165) is 21.9 Å². The predicted molar refractivity (Wildman–Crippen MR) is 190 cm³/mol. The number of rotatable bonds is 6. The molecule has 12 nitrogen and oxygen atoms in total. The number of pyridine rings is 1. The second-order valence-corrected chi connectivity index (χ2v) is 13.1. The molecule has 4 aromatic rings. The Hall–Kier alpha value is -5.78. The van der Waals surface area contributed by atoms with Crippen molar-refractivity contribution in [1.29, 1.82) is 0 Å². The molecule has 3 atom stereocenters. The van der Waals surface area contributed by atoms with Crippen molar-refractivity contribution in [3.8, 4) is 5.75 Å². The van der Waals surface area contributed by atoms with E-state index in [1.165, 1.54) is 9.80 Å². The minimum Gasteiger partial charge on any atom is -0.491 e. The number of hydrogen-bond acceptors (Lipinski definition) is 7. The van der Waals surface area contributed by atoms with Crippen LogP contribution in [-0.2, 0) is 32.1 Å². The molecular formula is C39H42N6O6. The maximum Gasteiger partial charge on any atom is 0.254 e. The lowest BCUT2D eigenvalue weighted by molar-refractivity contribution is -0.140. The molecule has 4 heterocycles. The number of nitrogens with zero attached hydrogens (tertiary/aromatic N) is 4. The monoisotopic (exact) mass is 690 g/mol. The van der Waals surface area contributed by atoms with E-state index in [-0.39, 0.29) is 81.2 Å². The van der Waals surface area contributed by atoms with E-state index in [0.29, 0.717) is 17.7 Å². The van der Waals surface area contributed by atoms with Crippen molar-refractivity contribution in [3.63, 3.8) is 0 Å². The minimum atomic E-state index is -0.944. The van der Waals surface area contributed by atoms with E-state index in [1.54, 1.807) is 67.8 Å². The highest BCUT2D eigenvalue weighted by molar-refractivity contribution is 5.98. The second-order valence-electron chi connectivity index (χ2n) is 13.1. The normalized spacial score (nSPS) is 20.2. The van der Waals surface area contributed by atoms with Gasteiger partial charge in [-0.15, -0.1) is 0 Å². The van der Waals surface area contributed by atoms with Crippen LogP contribution in [0.4, 0.5) is 0 Å². The Morgan fingerprint density at radius 1 is 0.902 bits per heavy atom. The highest BCUT2D eigenvalue weighted by Crippen LogP contribution is 2.24. The molecule has 1 fully saturated rings. The quantitative estimate of drug-likeness (QED) is 0.317. The fourth-order valence-electron chi connectivity index (χ4n) is 6.76. The summed E-state index contributed by atoms with van der Waals surface area (Å²) in [6, 6.07) is 22.4. The number of nitrogens with one attached hydrogen (secondary N) is 2. The van der Waals surface area contributed by atoms with E-state index in [4.69, 9.17) is 4.74 Å². The van der Waals surface area contributed by atoms with Crippen LogP contribution < -0.4 is 15.4 Å². The van der Waals surface area contributed by atoms with Crippen molar-refractivity contribution in [2.24, 2.45) is 0 Å². The Kier molecular flexibility index (Phi) is 10.9. The van der Waals surface area contributed by atoms with Gasteiger partial charge in [0, 0.05) is 57.6 Å². The van der Waals surface area contributed by atoms with E-state index >= 15 is 0 Å². The molecule has 1 saturated heterocycles. The minimum absolute atomic E-state index is 0.0557. The lowest BCUT2D eigenvalue weighted by Gasteiger charge is -2.28. The summed E-state index contributed by atoms with van der Waals surface area (Å²) < 4.78 is 6.11. The molecule has 0 spiro atoms. The average Bonchev–Trinajstić information content (AvgIpc) is 3.55. The maximum absolute atomic E-state index is 13.7. The summed E-state index contributed by atoms with van der Waals surface area (Å²) in [6.45, 7) is 0.476. The van der Waals surface area contributed by atoms with Crippen LogP contribution in [0.5, 0.6) is 5.75 Å². The molecule has 3 aliphatic rings. The van der Waals surface area contributed by atoms with Crippen molar-refractivity contribution >= 4 is 40.3 Å². The molecule has 2 N–H and O–H groups in total. The number of carbonyl (C=O) groups excluding carboxylic acids is 5. The number of ether oxygens (including phenoxy) is 1. The first kappa shape index (κ1) is 35.1. The fourth-order valence-corrected chi connectivity index (χ4v) is 6.76. The summed E-state index contributed by atoms with van der Waals surface area (Å²) in [6.07, 6.45) is 3.93. The summed E-state index contributed by atoms with van der Waals surface area (Å²) in [5, 5.41) is 8.08. The SMILES string of the molecule is CN1CC(=O)N2C[C@H](NC(=O)Cc3cccc4ccccc34)C[C@H]2COc2ccc(cc2)C(=O)N(C)[C@H](C(=O)NCc2ccncc2)CCC1=O. The highest BCUT2D eigenvalue weighted by Gasteiger charge is 2.37. The summed E-state index contributed by atoms with van der Waals surface area (Å²) in [5.41, 5.74) is 2.12. The molecule has 5 amide bonds. The van der Waals surface area contributed by atoms with E-state index in [1.807, 2.05) is 42.5 Å². The molecule has 12 heteroatoms. The van der Waals surface area contributed by atoms with Gasteiger partial charge < -0.3 is 30.1 Å². The number of aromatic nitrogens is 1. The Balaban J connectivity index is 1.16. The van der Waals surface area contributed by atoms with Crippen molar-refractivity contribution in [1.82, 2.24) is 30.3 Å². The van der Waals surface area contributed by atoms with Crippen LogP contribution >= 0.6 is 0 Å². The van der Waals surface area contributed by atoms with Crippen LogP contribution in [0.2, 0.25) is 0 Å². The number of amides is 5. The highest BCUT2D eigenvalue weighted by atomic mass is 16.5. The number of fused-ring (bicyclic) bond motifs is 12. The Labute approximate surface area is 296 Å². The third kappa shape index (κ3) is 8.51. The van der Waals surface area contributed by atoms with Gasteiger partial charge in [0.2, 0.25) is 23.6 Å². The third-order valence-electron chi connectivity index (χ3n) is 9.61. The molecule has 0 unspecified atom stereocenters. The van der Waals surface area contributed by atoms with Crippen LogP contribution in [0.3, 0.4) is 0 Å². The summed E-state index contributed by atoms with van der Waals surface area (Å²) in [5.74, 6) is -1.03. The van der Waals surface area contributed by atoms with Gasteiger partial charge in [-0.25, -0.2) is 0 Å². The van der Waals surface area contributed by atoms with E-state index in [9.17, 15) is 24.0 Å². The van der Waals surface area contributed by atoms with Gasteiger partial charge in [0.25, 0.3) is 5.91 Å². The number of hydrogen-bond donors (Lipinski definition) is 2. The summed E-state index contributed by atoms with van der Waals surface area (Å²) in [7, 11) is 3.09.